The Kier molecular flexibility index (Phi) is 4.81. The number of hydrogen-bond donors (Lipinski definition) is 3. The molecule has 1 aromatic heterocycles. The Morgan fingerprint density at radius 3 is 2.71 bits per heavy atom. The maximum atomic E-state index is 12.5. The van der Waals surface area contributed by atoms with Gasteiger partial charge in [0, 0.05) is 10.7 Å². The summed E-state index contributed by atoms with van der Waals surface area (Å²) in [7, 11) is -3.82. The van der Waals surface area contributed by atoms with Crippen LogP contribution in [0, 0.1) is 0 Å². The summed E-state index contributed by atoms with van der Waals surface area (Å²) in [4.78, 5) is 3.89. The van der Waals surface area contributed by atoms with E-state index in [-0.39, 0.29) is 10.7 Å². The molecule has 21 heavy (non-hydrogen) atoms. The number of nitrogens with two attached hydrogens (primary N) is 1. The van der Waals surface area contributed by atoms with Gasteiger partial charge in [0.2, 0.25) is 5.03 Å². The number of sulfonamides is 1. The topological polar surface area (TPSA) is 97.1 Å². The lowest BCUT2D eigenvalue weighted by Gasteiger charge is -2.13. The minimum Gasteiger partial charge on any atom is -0.321 e. The maximum absolute atomic E-state index is 12.5. The Morgan fingerprint density at radius 1 is 1.29 bits per heavy atom. The molecule has 0 fully saturated rings. The minimum atomic E-state index is -3.82. The van der Waals surface area contributed by atoms with Crippen molar-refractivity contribution in [3.05, 3.63) is 46.6 Å². The van der Waals surface area contributed by atoms with E-state index < -0.39 is 10.0 Å². The molecule has 0 saturated heterocycles. The number of hydrogen-bond acceptors (Lipinski definition) is 5. The average molecular weight is 371 g/mol. The van der Waals surface area contributed by atoms with Crippen LogP contribution in [0.4, 0.5) is 11.4 Å². The van der Waals surface area contributed by atoms with E-state index in [1.165, 1.54) is 6.20 Å². The normalized spacial score (nSPS) is 11.2. The van der Waals surface area contributed by atoms with Gasteiger partial charge in [0.15, 0.2) is 0 Å². The van der Waals surface area contributed by atoms with Gasteiger partial charge in [0.05, 0.1) is 11.4 Å². The molecule has 0 aliphatic carbocycles. The van der Waals surface area contributed by atoms with Gasteiger partial charge in [0.25, 0.3) is 10.0 Å². The molecule has 112 valence electrons. The Labute approximate surface area is 131 Å². The molecule has 0 spiro atoms. The second kappa shape index (κ2) is 6.42. The second-order valence-electron chi connectivity index (χ2n) is 4.26. The highest BCUT2D eigenvalue weighted by Gasteiger charge is 2.21. The maximum Gasteiger partial charge on any atom is 0.281 e. The molecule has 0 saturated carbocycles. The quantitative estimate of drug-likeness (QED) is 0.554. The minimum absolute atomic E-state index is 0.141. The number of hydrazine groups is 1. The van der Waals surface area contributed by atoms with Crippen LogP contribution in [0.2, 0.25) is 0 Å². The van der Waals surface area contributed by atoms with Crippen molar-refractivity contribution in [1.29, 1.82) is 0 Å². The van der Waals surface area contributed by atoms with Crippen molar-refractivity contribution in [3.8, 4) is 0 Å². The molecule has 0 unspecified atom stereocenters. The number of nitrogens with zero attached hydrogens (tertiary/aromatic N) is 1. The summed E-state index contributed by atoms with van der Waals surface area (Å²) in [6.07, 6.45) is 2.10. The number of pyridine rings is 1. The first-order chi connectivity index (χ1) is 9.97. The number of aromatic nitrogens is 1. The summed E-state index contributed by atoms with van der Waals surface area (Å²) in [5.74, 6) is 5.33. The van der Waals surface area contributed by atoms with Gasteiger partial charge in [-0.15, -0.1) is 0 Å². The molecule has 0 aliphatic rings. The number of anilines is 2. The average Bonchev–Trinajstić information content (AvgIpc) is 2.48. The SMILES string of the molecule is CCc1cc(Br)ccc1NS(=O)(=O)c1ncccc1NN. The van der Waals surface area contributed by atoms with E-state index in [1.807, 2.05) is 13.0 Å². The largest absolute Gasteiger partial charge is 0.321 e. The number of benzene rings is 1. The zero-order chi connectivity index (χ0) is 15.5. The molecule has 2 aromatic rings. The van der Waals surface area contributed by atoms with E-state index >= 15 is 0 Å². The molecular formula is C13H15BrN4O2S. The van der Waals surface area contributed by atoms with Gasteiger partial charge in [0.1, 0.15) is 0 Å². The van der Waals surface area contributed by atoms with Gasteiger partial charge in [-0.1, -0.05) is 22.9 Å². The lowest BCUT2D eigenvalue weighted by atomic mass is 10.1. The number of nitrogens with one attached hydrogen (secondary N) is 2. The molecule has 6 nitrogen and oxygen atoms in total. The summed E-state index contributed by atoms with van der Waals surface area (Å²) in [5.41, 5.74) is 3.98. The van der Waals surface area contributed by atoms with E-state index in [0.29, 0.717) is 12.1 Å². The van der Waals surface area contributed by atoms with Gasteiger partial charge in [-0.25, -0.2) is 4.98 Å². The van der Waals surface area contributed by atoms with Crippen molar-refractivity contribution in [2.45, 2.75) is 18.4 Å². The van der Waals surface area contributed by atoms with Crippen molar-refractivity contribution >= 4 is 37.3 Å². The van der Waals surface area contributed by atoms with Crippen molar-refractivity contribution < 1.29 is 8.42 Å². The fourth-order valence-corrected chi connectivity index (χ4v) is 3.47. The van der Waals surface area contributed by atoms with Crippen LogP contribution in [0.3, 0.4) is 0 Å². The molecule has 1 aromatic carbocycles. The van der Waals surface area contributed by atoms with Crippen LogP contribution in [0.25, 0.3) is 0 Å². The van der Waals surface area contributed by atoms with Crippen molar-refractivity contribution in [3.63, 3.8) is 0 Å². The third kappa shape index (κ3) is 3.52. The highest BCUT2D eigenvalue weighted by atomic mass is 79.9. The van der Waals surface area contributed by atoms with Gasteiger partial charge in [-0.2, -0.15) is 8.42 Å². The standard InChI is InChI=1S/C13H15BrN4O2S/c1-2-9-8-10(14)5-6-11(9)18-21(19,20)13-12(17-15)4-3-7-16-13/h3-8,17-18H,2,15H2,1H3. The predicted octanol–water partition coefficient (Wildman–Crippen LogP) is 2.49. The second-order valence-corrected chi connectivity index (χ2v) is 6.77. The Bertz CT molecular complexity index is 750. The van der Waals surface area contributed by atoms with Crippen LogP contribution < -0.4 is 16.0 Å². The van der Waals surface area contributed by atoms with E-state index in [4.69, 9.17) is 5.84 Å². The van der Waals surface area contributed by atoms with E-state index in [1.54, 1.807) is 24.3 Å². The highest BCUT2D eigenvalue weighted by molar-refractivity contribution is 9.10. The molecule has 0 radical (unpaired) electrons. The third-order valence-electron chi connectivity index (χ3n) is 2.87. The fourth-order valence-electron chi connectivity index (χ4n) is 1.86. The number of nitrogen functional groups attached to an aromatic ring is 1. The first-order valence-electron chi connectivity index (χ1n) is 6.21. The number of rotatable bonds is 5. The zero-order valence-corrected chi connectivity index (χ0v) is 13.7. The molecule has 2 rings (SSSR count). The van der Waals surface area contributed by atoms with E-state index in [0.717, 1.165) is 10.0 Å². The summed E-state index contributed by atoms with van der Waals surface area (Å²) in [5, 5.41) is -0.141. The van der Waals surface area contributed by atoms with E-state index in [2.05, 4.69) is 31.1 Å². The van der Waals surface area contributed by atoms with Gasteiger partial charge in [-0.3, -0.25) is 10.6 Å². The molecule has 1 heterocycles. The zero-order valence-electron chi connectivity index (χ0n) is 11.3. The fraction of sp³-hybridized carbons (Fsp3) is 0.154. The van der Waals surface area contributed by atoms with Crippen LogP contribution in [0.15, 0.2) is 46.0 Å². The van der Waals surface area contributed by atoms with Crippen LogP contribution in [-0.2, 0) is 16.4 Å². The first-order valence-corrected chi connectivity index (χ1v) is 8.48. The van der Waals surface area contributed by atoms with Gasteiger partial charge in [-0.05, 0) is 42.3 Å². The molecule has 8 heteroatoms. The molecular weight excluding hydrogens is 356 g/mol. The lowest BCUT2D eigenvalue weighted by molar-refractivity contribution is 0.598. The van der Waals surface area contributed by atoms with Crippen molar-refractivity contribution in [1.82, 2.24) is 4.98 Å². The molecule has 0 amide bonds. The van der Waals surface area contributed by atoms with Gasteiger partial charge < -0.3 is 5.43 Å². The Morgan fingerprint density at radius 2 is 2.05 bits per heavy atom. The number of halogens is 1. The first kappa shape index (κ1) is 15.7. The Hall–Kier alpha value is -1.64. The molecule has 0 aliphatic heterocycles. The van der Waals surface area contributed by atoms with Crippen LogP contribution in [0.5, 0.6) is 0 Å². The number of aryl methyl sites for hydroxylation is 1. The van der Waals surface area contributed by atoms with Crippen LogP contribution >= 0.6 is 15.9 Å². The molecule has 0 bridgehead atoms. The van der Waals surface area contributed by atoms with E-state index in [9.17, 15) is 8.42 Å². The Balaban J connectivity index is 2.42. The van der Waals surface area contributed by atoms with Crippen molar-refractivity contribution in [2.75, 3.05) is 10.1 Å². The predicted molar refractivity (Wildman–Crippen MR) is 86.4 cm³/mol. The van der Waals surface area contributed by atoms with Crippen molar-refractivity contribution in [2.24, 2.45) is 5.84 Å². The summed E-state index contributed by atoms with van der Waals surface area (Å²) < 4.78 is 28.3. The van der Waals surface area contributed by atoms with Gasteiger partial charge >= 0.3 is 0 Å². The summed E-state index contributed by atoms with van der Waals surface area (Å²) in [6.45, 7) is 1.95. The van der Waals surface area contributed by atoms with Crippen LogP contribution in [-0.4, -0.2) is 13.4 Å². The monoisotopic (exact) mass is 370 g/mol. The summed E-state index contributed by atoms with van der Waals surface area (Å²) >= 11 is 3.37. The van der Waals surface area contributed by atoms with Crippen LogP contribution in [0.1, 0.15) is 12.5 Å². The lowest BCUT2D eigenvalue weighted by Crippen LogP contribution is -2.19. The molecule has 0 atom stereocenters. The molecule has 4 N–H and O–H groups in total. The smallest absolute Gasteiger partial charge is 0.281 e. The highest BCUT2D eigenvalue weighted by Crippen LogP contribution is 2.25. The summed E-state index contributed by atoms with van der Waals surface area (Å²) in [6, 6.07) is 8.50. The third-order valence-corrected chi connectivity index (χ3v) is 4.69.